The van der Waals surface area contributed by atoms with Gasteiger partial charge in [0.2, 0.25) is 0 Å². The van der Waals surface area contributed by atoms with Crippen LogP contribution < -0.4 is 11.5 Å². The molecule has 140 valence electrons. The van der Waals surface area contributed by atoms with Crippen LogP contribution in [0, 0.1) is 15.2 Å². The lowest BCUT2D eigenvalue weighted by Gasteiger charge is -2.02. The molecule has 0 amide bonds. The molecule has 1 aliphatic rings. The molecule has 4 N–H and O–H groups in total. The van der Waals surface area contributed by atoms with Crippen LogP contribution in [-0.2, 0) is 0 Å². The van der Waals surface area contributed by atoms with E-state index in [1.807, 2.05) is 34.7 Å². The molecule has 0 spiro atoms. The summed E-state index contributed by atoms with van der Waals surface area (Å²) >= 11 is 2.03. The summed E-state index contributed by atoms with van der Waals surface area (Å²) in [7, 11) is 0. The van der Waals surface area contributed by atoms with Crippen LogP contribution in [0.4, 0.5) is 20.2 Å². The van der Waals surface area contributed by atoms with Crippen LogP contribution in [0.2, 0.25) is 0 Å². The lowest BCUT2D eigenvalue weighted by atomic mass is 10.3. The number of rotatable bonds is 1. The highest BCUT2D eigenvalue weighted by Crippen LogP contribution is 2.14. The average Bonchev–Trinajstić information content (AvgIpc) is 3.37. The summed E-state index contributed by atoms with van der Waals surface area (Å²) in [4.78, 5) is 3.85. The van der Waals surface area contributed by atoms with Crippen LogP contribution in [0.3, 0.4) is 0 Å². The van der Waals surface area contributed by atoms with Crippen molar-refractivity contribution < 1.29 is 8.78 Å². The van der Waals surface area contributed by atoms with Crippen LogP contribution in [0.15, 0.2) is 72.0 Å². The minimum atomic E-state index is -0.423. The first kappa shape index (κ1) is 20.6. The van der Waals surface area contributed by atoms with Crippen LogP contribution >= 0.6 is 22.6 Å². The molecule has 27 heavy (non-hydrogen) atoms. The molecule has 0 aliphatic carbocycles. The van der Waals surface area contributed by atoms with Gasteiger partial charge >= 0.3 is 0 Å². The summed E-state index contributed by atoms with van der Waals surface area (Å²) in [5, 5.41) is 3.97. The lowest BCUT2D eigenvalue weighted by Crippen LogP contribution is -1.97. The lowest BCUT2D eigenvalue weighted by molar-refractivity contribution is 0.630. The predicted molar refractivity (Wildman–Crippen MR) is 114 cm³/mol. The third-order valence-corrected chi connectivity index (χ3v) is 3.92. The first-order valence-corrected chi connectivity index (χ1v) is 8.96. The summed E-state index contributed by atoms with van der Waals surface area (Å²) in [6, 6.07) is 11.1. The van der Waals surface area contributed by atoms with E-state index in [9.17, 15) is 8.78 Å². The number of halogens is 3. The van der Waals surface area contributed by atoms with Gasteiger partial charge in [0.25, 0.3) is 0 Å². The molecule has 0 atom stereocenters. The molecule has 0 radical (unpaired) electrons. The number of benzene rings is 2. The largest absolute Gasteiger partial charge is 0.396 e. The number of hydrogen-bond donors (Lipinski definition) is 2. The van der Waals surface area contributed by atoms with E-state index in [4.69, 9.17) is 11.5 Å². The fraction of sp³-hybridized carbons (Fsp3) is 0.0526. The summed E-state index contributed by atoms with van der Waals surface area (Å²) < 4.78 is 27.9. The van der Waals surface area contributed by atoms with Gasteiger partial charge in [-0.1, -0.05) is 6.08 Å². The molecule has 3 aromatic rings. The summed E-state index contributed by atoms with van der Waals surface area (Å²) in [5.74, 6) is -0.769. The summed E-state index contributed by atoms with van der Waals surface area (Å²) in [6.07, 6.45) is 9.14. The van der Waals surface area contributed by atoms with E-state index in [-0.39, 0.29) is 17.2 Å². The van der Waals surface area contributed by atoms with Gasteiger partial charge in [-0.2, -0.15) is 5.10 Å². The Labute approximate surface area is 169 Å². The van der Waals surface area contributed by atoms with Crippen molar-refractivity contribution in [3.63, 3.8) is 0 Å². The zero-order valence-corrected chi connectivity index (χ0v) is 16.4. The molecule has 8 heteroatoms. The number of aliphatic imine (C=N–C) groups is 1. The Balaban J connectivity index is 0.000000161. The predicted octanol–water partition coefficient (Wildman–Crippen LogP) is 4.23. The third-order valence-electron chi connectivity index (χ3n) is 3.25. The molecule has 0 unspecified atom stereocenters. The fourth-order valence-electron chi connectivity index (χ4n) is 1.89. The van der Waals surface area contributed by atoms with Gasteiger partial charge < -0.3 is 11.5 Å². The summed E-state index contributed by atoms with van der Waals surface area (Å²) in [6.45, 7) is 0.889. The zero-order valence-electron chi connectivity index (χ0n) is 14.3. The maximum Gasteiger partial charge on any atom is 0.148 e. The van der Waals surface area contributed by atoms with E-state index in [0.717, 1.165) is 10.1 Å². The number of anilines is 2. The Morgan fingerprint density at radius 1 is 1.00 bits per heavy atom. The maximum atomic E-state index is 13.0. The topological polar surface area (TPSA) is 82.2 Å². The molecule has 0 saturated carbocycles. The molecule has 2 heterocycles. The average molecular weight is 481 g/mol. The van der Waals surface area contributed by atoms with Crippen molar-refractivity contribution in [3.8, 4) is 5.69 Å². The Morgan fingerprint density at radius 2 is 1.70 bits per heavy atom. The maximum absolute atomic E-state index is 13.0. The van der Waals surface area contributed by atoms with Gasteiger partial charge in [0.1, 0.15) is 11.6 Å². The molecular formula is C19H18F2IN5. The molecule has 1 aromatic heterocycles. The number of nitrogens with zero attached hydrogens (tertiary/aromatic N) is 3. The molecule has 2 aromatic carbocycles. The Hall–Kier alpha value is -2.75. The molecule has 1 aliphatic heterocycles. The van der Waals surface area contributed by atoms with Gasteiger partial charge in [-0.3, -0.25) is 4.99 Å². The van der Waals surface area contributed by atoms with E-state index >= 15 is 0 Å². The Kier molecular flexibility index (Phi) is 7.93. The molecular weight excluding hydrogens is 463 g/mol. The Morgan fingerprint density at radius 3 is 2.15 bits per heavy atom. The van der Waals surface area contributed by atoms with E-state index in [1.54, 1.807) is 47.6 Å². The zero-order chi connectivity index (χ0) is 19.6. The molecule has 0 saturated heterocycles. The quantitative estimate of drug-likeness (QED) is 0.403. The number of nitrogens with two attached hydrogens (primary N) is 2. The van der Waals surface area contributed by atoms with Crippen molar-refractivity contribution in [2.45, 2.75) is 0 Å². The second-order valence-electron chi connectivity index (χ2n) is 5.26. The number of aromatic nitrogens is 2. The van der Waals surface area contributed by atoms with Crippen molar-refractivity contribution >= 4 is 40.2 Å². The van der Waals surface area contributed by atoms with Crippen molar-refractivity contribution in [2.75, 3.05) is 18.0 Å². The van der Waals surface area contributed by atoms with Crippen molar-refractivity contribution in [1.82, 2.24) is 9.78 Å². The van der Waals surface area contributed by atoms with E-state index in [0.29, 0.717) is 5.69 Å². The highest BCUT2D eigenvalue weighted by atomic mass is 127. The molecule has 0 bridgehead atoms. The van der Waals surface area contributed by atoms with Crippen molar-refractivity contribution in [3.05, 3.63) is 82.2 Å². The highest BCUT2D eigenvalue weighted by molar-refractivity contribution is 14.1. The highest BCUT2D eigenvalue weighted by Gasteiger charge is 2.01. The molecule has 0 fully saturated rings. The first-order valence-electron chi connectivity index (χ1n) is 7.88. The second-order valence-corrected chi connectivity index (χ2v) is 6.51. The van der Waals surface area contributed by atoms with Crippen LogP contribution in [-0.4, -0.2) is 22.5 Å². The van der Waals surface area contributed by atoms with Gasteiger partial charge in [-0.05, 0) is 65.1 Å². The standard InChI is InChI=1S/C9H8FN3.C6H5FIN.C4H5N/c10-8-6-7(2-3-9(8)11)13-5-1-4-12-13;7-5-3-4(8)1-2-6(5)9;1-2-4-5-3-1/h1-6H,11H2;1-3H,9H2;1-3H,4H2. The van der Waals surface area contributed by atoms with Crippen LogP contribution in [0.25, 0.3) is 5.69 Å². The van der Waals surface area contributed by atoms with Gasteiger partial charge in [0.15, 0.2) is 0 Å². The van der Waals surface area contributed by atoms with Gasteiger partial charge in [-0.15, -0.1) is 0 Å². The SMILES string of the molecule is C1=CCN=C1.Nc1ccc(-n2cccn2)cc1F.Nc1ccc(I)cc1F. The smallest absolute Gasteiger partial charge is 0.148 e. The number of allylic oxidation sites excluding steroid dienone is 1. The second kappa shape index (κ2) is 10.4. The monoisotopic (exact) mass is 481 g/mol. The first-order chi connectivity index (χ1) is 13.0. The van der Waals surface area contributed by atoms with Crippen LogP contribution in [0.1, 0.15) is 0 Å². The van der Waals surface area contributed by atoms with E-state index in [1.165, 1.54) is 18.2 Å². The number of nitrogen functional groups attached to an aromatic ring is 2. The molecule has 4 rings (SSSR count). The minimum Gasteiger partial charge on any atom is -0.396 e. The van der Waals surface area contributed by atoms with Gasteiger partial charge in [0.05, 0.1) is 23.6 Å². The third kappa shape index (κ3) is 6.81. The Bertz CT molecular complexity index is 914. The van der Waals surface area contributed by atoms with Crippen molar-refractivity contribution in [2.24, 2.45) is 4.99 Å². The number of hydrogen-bond acceptors (Lipinski definition) is 4. The van der Waals surface area contributed by atoms with Gasteiger partial charge in [0, 0.05) is 28.2 Å². The van der Waals surface area contributed by atoms with E-state index < -0.39 is 5.82 Å². The van der Waals surface area contributed by atoms with Gasteiger partial charge in [-0.25, -0.2) is 13.5 Å². The van der Waals surface area contributed by atoms with E-state index in [2.05, 4.69) is 10.1 Å². The fourth-order valence-corrected chi connectivity index (χ4v) is 2.34. The minimum absolute atomic E-state index is 0.149. The van der Waals surface area contributed by atoms with Crippen LogP contribution in [0.5, 0.6) is 0 Å². The normalized spacial score (nSPS) is 11.4. The molecule has 5 nitrogen and oxygen atoms in total. The van der Waals surface area contributed by atoms with Crippen molar-refractivity contribution in [1.29, 1.82) is 0 Å². The summed E-state index contributed by atoms with van der Waals surface area (Å²) in [5.41, 5.74) is 11.6.